The van der Waals surface area contributed by atoms with E-state index in [1.807, 2.05) is 0 Å². The van der Waals surface area contributed by atoms with Crippen LogP contribution in [-0.4, -0.2) is 63.8 Å². The van der Waals surface area contributed by atoms with Crippen LogP contribution in [0.4, 0.5) is 0 Å². The highest BCUT2D eigenvalue weighted by Crippen LogP contribution is 2.09. The van der Waals surface area contributed by atoms with Gasteiger partial charge in [-0.3, -0.25) is 19.8 Å². The quantitative estimate of drug-likeness (QED) is 0.402. The SMILES string of the molecule is CC(O)C(NC(=O)c1ccc(CCN2CCCC2)nc1)C(=O)NO. The maximum atomic E-state index is 12.1. The number of hydrogen-bond acceptors (Lipinski definition) is 6. The van der Waals surface area contributed by atoms with Gasteiger partial charge in [0.25, 0.3) is 11.8 Å². The summed E-state index contributed by atoms with van der Waals surface area (Å²) in [7, 11) is 0. The number of hydrogen-bond donors (Lipinski definition) is 4. The van der Waals surface area contributed by atoms with Crippen molar-refractivity contribution in [2.24, 2.45) is 0 Å². The maximum Gasteiger partial charge on any atom is 0.268 e. The summed E-state index contributed by atoms with van der Waals surface area (Å²) in [4.78, 5) is 30.2. The standard InChI is InChI=1S/C16H24N4O4/c1-11(21)14(16(23)19-24)18-15(22)12-4-5-13(17-10-12)6-9-20-7-2-3-8-20/h4-5,10-11,14,21,24H,2-3,6-9H2,1H3,(H,18,22)(H,19,23). The Bertz CT molecular complexity index is 556. The van der Waals surface area contributed by atoms with E-state index in [0.29, 0.717) is 0 Å². The van der Waals surface area contributed by atoms with Crippen molar-refractivity contribution in [3.8, 4) is 0 Å². The Hall–Kier alpha value is -2.03. The van der Waals surface area contributed by atoms with Crippen LogP contribution in [-0.2, 0) is 11.2 Å². The zero-order chi connectivity index (χ0) is 17.5. The highest BCUT2D eigenvalue weighted by atomic mass is 16.5. The van der Waals surface area contributed by atoms with Crippen LogP contribution in [0.3, 0.4) is 0 Å². The number of pyridine rings is 1. The van der Waals surface area contributed by atoms with E-state index in [-0.39, 0.29) is 5.56 Å². The molecule has 0 aliphatic carbocycles. The van der Waals surface area contributed by atoms with Gasteiger partial charge in [0.15, 0.2) is 0 Å². The van der Waals surface area contributed by atoms with Crippen molar-refractivity contribution in [2.45, 2.75) is 38.3 Å². The van der Waals surface area contributed by atoms with E-state index in [1.54, 1.807) is 12.1 Å². The van der Waals surface area contributed by atoms with Crippen LogP contribution in [0.2, 0.25) is 0 Å². The minimum Gasteiger partial charge on any atom is -0.391 e. The number of hydroxylamine groups is 1. The number of likely N-dealkylation sites (tertiary alicyclic amines) is 1. The summed E-state index contributed by atoms with van der Waals surface area (Å²) in [6.45, 7) is 4.57. The predicted molar refractivity (Wildman–Crippen MR) is 86.5 cm³/mol. The maximum absolute atomic E-state index is 12.1. The highest BCUT2D eigenvalue weighted by Gasteiger charge is 2.25. The first-order valence-corrected chi connectivity index (χ1v) is 8.11. The van der Waals surface area contributed by atoms with Gasteiger partial charge < -0.3 is 15.3 Å². The van der Waals surface area contributed by atoms with Gasteiger partial charge >= 0.3 is 0 Å². The molecule has 1 fully saturated rings. The van der Waals surface area contributed by atoms with Crippen LogP contribution in [0.25, 0.3) is 0 Å². The summed E-state index contributed by atoms with van der Waals surface area (Å²) in [6, 6.07) is 2.18. The fraction of sp³-hybridized carbons (Fsp3) is 0.562. The first-order chi connectivity index (χ1) is 11.5. The molecule has 1 aromatic rings. The average molecular weight is 336 g/mol. The van der Waals surface area contributed by atoms with Gasteiger partial charge in [-0.05, 0) is 45.0 Å². The summed E-state index contributed by atoms with van der Waals surface area (Å²) in [6.07, 6.45) is 3.63. The second-order valence-corrected chi connectivity index (χ2v) is 6.00. The molecule has 1 aliphatic heterocycles. The first-order valence-electron chi connectivity index (χ1n) is 8.11. The van der Waals surface area contributed by atoms with Gasteiger partial charge in [0.1, 0.15) is 6.04 Å². The Morgan fingerprint density at radius 3 is 2.58 bits per heavy atom. The smallest absolute Gasteiger partial charge is 0.268 e. The molecule has 0 saturated carbocycles. The zero-order valence-corrected chi connectivity index (χ0v) is 13.7. The molecule has 0 aromatic carbocycles. The molecule has 2 unspecified atom stereocenters. The molecule has 1 saturated heterocycles. The number of aliphatic hydroxyl groups excluding tert-OH is 1. The molecule has 0 spiro atoms. The van der Waals surface area contributed by atoms with Gasteiger partial charge in [0.2, 0.25) is 0 Å². The van der Waals surface area contributed by atoms with Crippen LogP contribution in [0.15, 0.2) is 18.3 Å². The molecule has 1 aliphatic rings. The molecule has 132 valence electrons. The van der Waals surface area contributed by atoms with Crippen molar-refractivity contribution in [3.63, 3.8) is 0 Å². The summed E-state index contributed by atoms with van der Waals surface area (Å²) < 4.78 is 0. The Kier molecular flexibility index (Phi) is 6.65. The summed E-state index contributed by atoms with van der Waals surface area (Å²) in [5.74, 6) is -1.42. The molecule has 24 heavy (non-hydrogen) atoms. The van der Waals surface area contributed by atoms with Crippen LogP contribution in [0.5, 0.6) is 0 Å². The van der Waals surface area contributed by atoms with Gasteiger partial charge in [-0.15, -0.1) is 0 Å². The van der Waals surface area contributed by atoms with Gasteiger partial charge in [0.05, 0.1) is 11.7 Å². The van der Waals surface area contributed by atoms with E-state index >= 15 is 0 Å². The summed E-state index contributed by atoms with van der Waals surface area (Å²) in [5.41, 5.74) is 2.61. The molecule has 2 atom stereocenters. The lowest BCUT2D eigenvalue weighted by atomic mass is 10.1. The van der Waals surface area contributed by atoms with Crippen molar-refractivity contribution in [2.75, 3.05) is 19.6 Å². The molecular formula is C16H24N4O4. The molecule has 8 nitrogen and oxygen atoms in total. The molecule has 2 heterocycles. The number of nitrogens with one attached hydrogen (secondary N) is 2. The molecule has 0 bridgehead atoms. The van der Waals surface area contributed by atoms with E-state index in [9.17, 15) is 14.7 Å². The first kappa shape index (κ1) is 18.3. The van der Waals surface area contributed by atoms with Crippen LogP contribution in [0.1, 0.15) is 35.8 Å². The number of amides is 2. The second-order valence-electron chi connectivity index (χ2n) is 6.00. The van der Waals surface area contributed by atoms with Gasteiger partial charge in [0, 0.05) is 24.9 Å². The predicted octanol–water partition coefficient (Wildman–Crippen LogP) is -0.295. The molecular weight excluding hydrogens is 312 g/mol. The van der Waals surface area contributed by atoms with Crippen molar-refractivity contribution in [3.05, 3.63) is 29.6 Å². The Balaban J connectivity index is 1.91. The number of carbonyl (C=O) groups excluding carboxylic acids is 2. The largest absolute Gasteiger partial charge is 0.391 e. The molecule has 2 rings (SSSR count). The number of aliphatic hydroxyl groups is 1. The lowest BCUT2D eigenvalue weighted by molar-refractivity contribution is -0.133. The Morgan fingerprint density at radius 1 is 1.33 bits per heavy atom. The van der Waals surface area contributed by atoms with E-state index < -0.39 is 24.0 Å². The molecule has 8 heteroatoms. The lowest BCUT2D eigenvalue weighted by Gasteiger charge is -2.19. The fourth-order valence-electron chi connectivity index (χ4n) is 2.68. The van der Waals surface area contributed by atoms with Gasteiger partial charge in [-0.1, -0.05) is 0 Å². The molecule has 2 amide bonds. The van der Waals surface area contributed by atoms with E-state index in [2.05, 4.69) is 15.2 Å². The minimum absolute atomic E-state index is 0.288. The summed E-state index contributed by atoms with van der Waals surface area (Å²) >= 11 is 0. The zero-order valence-electron chi connectivity index (χ0n) is 13.7. The van der Waals surface area contributed by atoms with Crippen molar-refractivity contribution < 1.29 is 19.9 Å². The third kappa shape index (κ3) is 4.98. The van der Waals surface area contributed by atoms with E-state index in [1.165, 1.54) is 31.4 Å². The van der Waals surface area contributed by atoms with E-state index in [4.69, 9.17) is 5.21 Å². The van der Waals surface area contributed by atoms with Crippen molar-refractivity contribution in [1.29, 1.82) is 0 Å². The highest BCUT2D eigenvalue weighted by molar-refractivity contribution is 5.97. The van der Waals surface area contributed by atoms with Gasteiger partial charge in [-0.25, -0.2) is 5.48 Å². The second kappa shape index (κ2) is 8.72. The third-order valence-electron chi connectivity index (χ3n) is 4.13. The minimum atomic E-state index is -1.24. The Morgan fingerprint density at radius 2 is 2.04 bits per heavy atom. The van der Waals surface area contributed by atoms with Crippen molar-refractivity contribution in [1.82, 2.24) is 20.7 Å². The number of aromatic nitrogens is 1. The fourth-order valence-corrected chi connectivity index (χ4v) is 2.68. The van der Waals surface area contributed by atoms with E-state index in [0.717, 1.165) is 31.7 Å². The molecule has 0 radical (unpaired) electrons. The van der Waals surface area contributed by atoms with Crippen molar-refractivity contribution >= 4 is 11.8 Å². The van der Waals surface area contributed by atoms with Crippen LogP contribution >= 0.6 is 0 Å². The lowest BCUT2D eigenvalue weighted by Crippen LogP contribution is -2.51. The van der Waals surface area contributed by atoms with Crippen LogP contribution < -0.4 is 10.8 Å². The average Bonchev–Trinajstić information content (AvgIpc) is 3.10. The molecule has 1 aromatic heterocycles. The van der Waals surface area contributed by atoms with Crippen LogP contribution in [0, 0.1) is 0 Å². The normalized spacial score (nSPS) is 17.3. The summed E-state index contributed by atoms with van der Waals surface area (Å²) in [5, 5.41) is 20.5. The monoisotopic (exact) mass is 336 g/mol. The third-order valence-corrected chi connectivity index (χ3v) is 4.13. The number of nitrogens with zero attached hydrogens (tertiary/aromatic N) is 2. The number of rotatable bonds is 7. The number of carbonyl (C=O) groups is 2. The van der Waals surface area contributed by atoms with Gasteiger partial charge in [-0.2, -0.15) is 0 Å². The Labute approximate surface area is 140 Å². The molecule has 4 N–H and O–H groups in total. The topological polar surface area (TPSA) is 115 Å².